The molecule has 0 heterocycles. The first-order valence-electron chi connectivity index (χ1n) is 8.93. The minimum absolute atomic E-state index is 0.365. The molecule has 0 radical (unpaired) electrons. The molecule has 2 amide bonds. The van der Waals surface area contributed by atoms with Gasteiger partial charge in [0.1, 0.15) is 0 Å². The lowest BCUT2D eigenvalue weighted by Gasteiger charge is -2.32. The molecule has 42 heavy (non-hydrogen) atoms. The van der Waals surface area contributed by atoms with Crippen LogP contribution >= 0.6 is 24.4 Å². The maximum absolute atomic E-state index is 12.9. The Labute approximate surface area is 230 Å². The lowest BCUT2D eigenvalue weighted by Crippen LogP contribution is -2.66. The Balaban J connectivity index is -0.000000652. The van der Waals surface area contributed by atoms with E-state index in [2.05, 4.69) is 40.4 Å². The Morgan fingerprint density at radius 2 is 0.929 bits per heavy atom. The minimum Gasteiger partial charge on any atom is -0.364 e. The van der Waals surface area contributed by atoms with Crippen LogP contribution in [0, 0.1) is 0 Å². The van der Waals surface area contributed by atoms with Crippen molar-refractivity contribution in [1.82, 2.24) is 21.6 Å². The summed E-state index contributed by atoms with van der Waals surface area (Å²) in [7, 11) is 2.69. The monoisotopic (exact) mass is 702 g/mol. The molecule has 0 saturated heterocycles. The van der Waals surface area contributed by atoms with E-state index < -0.39 is 64.8 Å². The number of hydrogen-bond acceptors (Lipinski definition) is 6. The summed E-state index contributed by atoms with van der Waals surface area (Å²) in [4.78, 5) is 24.1. The molecule has 0 aliphatic carbocycles. The van der Waals surface area contributed by atoms with Gasteiger partial charge in [-0.15, -0.1) is 0 Å². The summed E-state index contributed by atoms with van der Waals surface area (Å²) < 4.78 is 220. The molecule has 0 aromatic heterocycles. The van der Waals surface area contributed by atoms with Crippen LogP contribution in [0.25, 0.3) is 0 Å². The largest absolute Gasteiger partial charge is 0.460 e. The highest BCUT2D eigenvalue weighted by atomic mass is 32.1. The Bertz CT molecular complexity index is 994. The average Bonchev–Trinajstić information content (AvgIpc) is 2.84. The van der Waals surface area contributed by atoms with Crippen molar-refractivity contribution in [1.29, 1.82) is 0 Å². The van der Waals surface area contributed by atoms with Gasteiger partial charge < -0.3 is 5.32 Å². The van der Waals surface area contributed by atoms with Crippen molar-refractivity contribution < 1.29 is 88.6 Å². The van der Waals surface area contributed by atoms with Gasteiger partial charge >= 0.3 is 59.7 Å². The van der Waals surface area contributed by atoms with E-state index in [9.17, 15) is 88.6 Å². The summed E-state index contributed by atoms with van der Waals surface area (Å²) >= 11 is 8.36. The molecule has 0 spiro atoms. The molecule has 0 rings (SSSR count). The average molecular weight is 702 g/mol. The van der Waals surface area contributed by atoms with Crippen molar-refractivity contribution in [3.63, 3.8) is 0 Å². The molecular formula is C14H12F18N6O2S2. The summed E-state index contributed by atoms with van der Waals surface area (Å²) in [6, 6.07) is 0. The zero-order chi connectivity index (χ0) is 35.0. The van der Waals surface area contributed by atoms with Gasteiger partial charge in [-0.2, -0.15) is 79.0 Å². The van der Waals surface area contributed by atoms with Crippen molar-refractivity contribution in [3.8, 4) is 0 Å². The van der Waals surface area contributed by atoms with Gasteiger partial charge in [0.05, 0.1) is 5.16 Å². The smallest absolute Gasteiger partial charge is 0.364 e. The fourth-order valence-corrected chi connectivity index (χ4v) is 1.43. The van der Waals surface area contributed by atoms with Gasteiger partial charge in [-0.1, -0.05) is 0 Å². The summed E-state index contributed by atoms with van der Waals surface area (Å²) in [6.45, 7) is 0. The molecule has 0 aromatic carbocycles. The van der Waals surface area contributed by atoms with E-state index in [1.807, 2.05) is 5.32 Å². The molecule has 8 nitrogen and oxygen atoms in total. The number of rotatable bonds is 6. The quantitative estimate of drug-likeness (QED) is 0.0715. The highest BCUT2D eigenvalue weighted by Gasteiger charge is 2.84. The SMILES string of the molecule is CN=C=S.CNC(=S)NNC(=O)C(F)(F)C(F)(F)C(F)(F)C(F)(F)F.NNC(=O)C(F)(F)C(F)(F)C(F)(F)C(F)(F)F. The summed E-state index contributed by atoms with van der Waals surface area (Å²) in [5, 5.41) is 3.56. The number of amides is 2. The number of thiocarbonyl (C=S) groups is 2. The molecule has 0 saturated carbocycles. The van der Waals surface area contributed by atoms with E-state index >= 15 is 0 Å². The van der Waals surface area contributed by atoms with E-state index in [1.54, 1.807) is 7.05 Å². The third-order valence-electron chi connectivity index (χ3n) is 3.60. The standard InChI is InChI=1S/C7H6F9N3OS.C5H3F9N2O.C2H3NS/c1-17-3(21)19-18-2(20)4(8,9)5(10,11)6(12,13)7(14,15)16;6-2(7,1(17)16-15)3(8,9)4(10,11)5(12,13)14;1-3-2-4/h1H3,(H,18,20)(H2,17,19,21);15H2,(H,16,17);1H3. The summed E-state index contributed by atoms with van der Waals surface area (Å²) in [5.41, 5.74) is 2.53. The van der Waals surface area contributed by atoms with Crippen LogP contribution in [0.1, 0.15) is 0 Å². The lowest BCUT2D eigenvalue weighted by molar-refractivity contribution is -0.388. The van der Waals surface area contributed by atoms with Crippen LogP contribution in [-0.2, 0) is 9.59 Å². The van der Waals surface area contributed by atoms with Crippen LogP contribution in [-0.4, -0.2) is 84.1 Å². The number of hydrazine groups is 2. The van der Waals surface area contributed by atoms with Crippen LogP contribution in [0.4, 0.5) is 79.0 Å². The second-order valence-corrected chi connectivity index (χ2v) is 6.98. The molecule has 0 bridgehead atoms. The maximum Gasteiger partial charge on any atom is 0.460 e. The summed E-state index contributed by atoms with van der Waals surface area (Å²) in [5.74, 6) is -43.3. The topological polar surface area (TPSA) is 121 Å². The third-order valence-corrected chi connectivity index (χ3v) is 4.09. The van der Waals surface area contributed by atoms with Crippen molar-refractivity contribution >= 4 is 46.5 Å². The first-order chi connectivity index (χ1) is 18.3. The zero-order valence-electron chi connectivity index (χ0n) is 19.5. The molecule has 0 aliphatic heterocycles. The number of halogens is 18. The van der Waals surface area contributed by atoms with Crippen molar-refractivity contribution in [2.45, 2.75) is 47.9 Å². The van der Waals surface area contributed by atoms with E-state index in [0.717, 1.165) is 12.5 Å². The highest BCUT2D eigenvalue weighted by molar-refractivity contribution is 7.80. The van der Waals surface area contributed by atoms with Crippen LogP contribution in [0.5, 0.6) is 0 Å². The number of carbonyl (C=O) groups excluding carboxylic acids is 2. The normalized spacial score (nSPS) is 13.2. The van der Waals surface area contributed by atoms with Crippen molar-refractivity contribution in [2.24, 2.45) is 10.8 Å². The van der Waals surface area contributed by atoms with Gasteiger partial charge in [0.2, 0.25) is 0 Å². The Morgan fingerprint density at radius 3 is 1.14 bits per heavy atom. The first kappa shape index (κ1) is 43.6. The molecule has 248 valence electrons. The van der Waals surface area contributed by atoms with Crippen LogP contribution < -0.4 is 27.4 Å². The van der Waals surface area contributed by atoms with Gasteiger partial charge in [0.15, 0.2) is 5.11 Å². The molecule has 6 N–H and O–H groups in total. The molecule has 0 atom stereocenters. The molecule has 0 aliphatic rings. The number of isothiocyanates is 1. The fourth-order valence-electron chi connectivity index (χ4n) is 1.38. The Hall–Kier alpha value is -2.87. The maximum atomic E-state index is 12.9. The second kappa shape index (κ2) is 14.5. The number of aliphatic imine (C=N–C) groups is 1. The van der Waals surface area contributed by atoms with E-state index in [1.165, 1.54) is 5.43 Å². The minimum atomic E-state index is -7.13. The number of hydrogen-bond donors (Lipinski definition) is 5. The van der Waals surface area contributed by atoms with E-state index in [0.29, 0.717) is 5.43 Å². The van der Waals surface area contributed by atoms with Gasteiger partial charge in [0.25, 0.3) is 0 Å². The summed E-state index contributed by atoms with van der Waals surface area (Å²) in [6.07, 6.45) is -14.0. The number of nitrogens with two attached hydrogens (primary N) is 1. The van der Waals surface area contributed by atoms with E-state index in [4.69, 9.17) is 0 Å². The Kier molecular flexibility index (Phi) is 15.1. The van der Waals surface area contributed by atoms with Gasteiger partial charge in [0, 0.05) is 14.1 Å². The predicted molar refractivity (Wildman–Crippen MR) is 108 cm³/mol. The first-order valence-corrected chi connectivity index (χ1v) is 9.74. The zero-order valence-corrected chi connectivity index (χ0v) is 21.1. The second-order valence-electron chi connectivity index (χ2n) is 6.39. The number of alkyl halides is 18. The van der Waals surface area contributed by atoms with Gasteiger partial charge in [-0.05, 0) is 24.4 Å². The number of nitrogens with zero attached hydrogens (tertiary/aromatic N) is 1. The van der Waals surface area contributed by atoms with Crippen molar-refractivity contribution in [2.75, 3.05) is 14.1 Å². The third kappa shape index (κ3) is 9.06. The van der Waals surface area contributed by atoms with Crippen molar-refractivity contribution in [3.05, 3.63) is 0 Å². The molecule has 28 heteroatoms. The highest BCUT2D eigenvalue weighted by Crippen LogP contribution is 2.54. The molecule has 0 aromatic rings. The van der Waals surface area contributed by atoms with Crippen LogP contribution in [0.15, 0.2) is 4.99 Å². The molecule has 0 unspecified atom stereocenters. The predicted octanol–water partition coefficient (Wildman–Crippen LogP) is 3.74. The van der Waals surface area contributed by atoms with Crippen LogP contribution in [0.3, 0.4) is 0 Å². The molecular weight excluding hydrogens is 690 g/mol. The van der Waals surface area contributed by atoms with Crippen LogP contribution in [0.2, 0.25) is 0 Å². The van der Waals surface area contributed by atoms with E-state index in [-0.39, 0.29) is 0 Å². The van der Waals surface area contributed by atoms with Gasteiger partial charge in [-0.25, -0.2) is 10.8 Å². The lowest BCUT2D eigenvalue weighted by atomic mass is 10.0. The number of nitrogens with one attached hydrogen (secondary N) is 4. The van der Waals surface area contributed by atoms with Gasteiger partial charge in [-0.3, -0.25) is 25.9 Å². The number of carbonyl (C=O) groups is 2. The molecule has 0 fully saturated rings. The fraction of sp³-hybridized carbons (Fsp3) is 0.714. The Morgan fingerprint density at radius 1 is 0.643 bits per heavy atom.